The molecule has 0 saturated heterocycles. The highest BCUT2D eigenvalue weighted by Gasteiger charge is 2.32. The highest BCUT2D eigenvalue weighted by atomic mass is 32.1. The zero-order chi connectivity index (χ0) is 19.3. The van der Waals surface area contributed by atoms with Gasteiger partial charge in [0.2, 0.25) is 0 Å². The summed E-state index contributed by atoms with van der Waals surface area (Å²) in [5.74, 6) is -0.451. The van der Waals surface area contributed by atoms with Crippen molar-refractivity contribution in [1.29, 1.82) is 0 Å². The summed E-state index contributed by atoms with van der Waals surface area (Å²) in [6.07, 6.45) is 0.973. The Bertz CT molecular complexity index is 1030. The predicted molar refractivity (Wildman–Crippen MR) is 105 cm³/mol. The minimum Gasteiger partial charge on any atom is -0.465 e. The monoisotopic (exact) mass is 387 g/mol. The van der Waals surface area contributed by atoms with Crippen LogP contribution in [0.4, 0.5) is 4.39 Å². The average Bonchev–Trinajstić information content (AvgIpc) is 3.22. The number of nitrogens with zero attached hydrogens (tertiary/aromatic N) is 1. The summed E-state index contributed by atoms with van der Waals surface area (Å²) in [5.41, 5.74) is 2.48. The number of aromatic nitrogens is 2. The second-order valence-corrected chi connectivity index (χ2v) is 9.01. The van der Waals surface area contributed by atoms with Crippen LogP contribution >= 0.6 is 11.3 Å². The molecule has 1 atom stereocenters. The Morgan fingerprint density at radius 1 is 1.33 bits per heavy atom. The van der Waals surface area contributed by atoms with E-state index >= 15 is 0 Å². The van der Waals surface area contributed by atoms with Gasteiger partial charge in [0.1, 0.15) is 17.2 Å². The van der Waals surface area contributed by atoms with Gasteiger partial charge >= 0.3 is 5.97 Å². The first-order valence-corrected chi connectivity index (χ1v) is 9.73. The van der Waals surface area contributed by atoms with Gasteiger partial charge in [-0.15, -0.1) is 11.3 Å². The van der Waals surface area contributed by atoms with Crippen LogP contribution in [-0.2, 0) is 11.2 Å². The number of rotatable bonds is 2. The third-order valence-electron chi connectivity index (χ3n) is 4.90. The molecule has 2 aromatic heterocycles. The standard InChI is InChI=1S/C20H22FN3O2S/c1-20(2,3)17-16-10(5-6-22-17)7-14(27-16)18-23-13-9-11(21)8-12(15(13)24-18)19(25)26-4/h7-9,17,22H,5-6H2,1-4H3,(H,23,24)/t17-/m0/s1. The Labute approximate surface area is 161 Å². The molecular weight excluding hydrogens is 365 g/mol. The van der Waals surface area contributed by atoms with E-state index in [9.17, 15) is 9.18 Å². The van der Waals surface area contributed by atoms with Gasteiger partial charge in [-0.05, 0) is 42.1 Å². The molecule has 0 saturated carbocycles. The Morgan fingerprint density at radius 2 is 2.11 bits per heavy atom. The van der Waals surface area contributed by atoms with E-state index in [0.29, 0.717) is 16.9 Å². The second-order valence-electron chi connectivity index (χ2n) is 7.93. The summed E-state index contributed by atoms with van der Waals surface area (Å²) in [7, 11) is 1.28. The van der Waals surface area contributed by atoms with E-state index in [1.165, 1.54) is 23.6 Å². The van der Waals surface area contributed by atoms with Gasteiger partial charge in [-0.3, -0.25) is 0 Å². The fourth-order valence-electron chi connectivity index (χ4n) is 3.61. The van der Waals surface area contributed by atoms with Gasteiger partial charge in [0, 0.05) is 10.9 Å². The fraction of sp³-hybridized carbons (Fsp3) is 0.400. The van der Waals surface area contributed by atoms with Crippen LogP contribution in [0.2, 0.25) is 0 Å². The van der Waals surface area contributed by atoms with Crippen LogP contribution in [-0.4, -0.2) is 29.6 Å². The van der Waals surface area contributed by atoms with Crippen LogP contribution in [0.15, 0.2) is 18.2 Å². The molecule has 0 amide bonds. The molecule has 1 aliphatic rings. The topological polar surface area (TPSA) is 67.0 Å². The number of ether oxygens (including phenoxy) is 1. The molecule has 1 aliphatic heterocycles. The fourth-order valence-corrected chi connectivity index (χ4v) is 5.09. The third-order valence-corrected chi connectivity index (χ3v) is 6.15. The highest BCUT2D eigenvalue weighted by Crippen LogP contribution is 2.43. The van der Waals surface area contributed by atoms with Gasteiger partial charge in [0.05, 0.1) is 23.1 Å². The maximum Gasteiger partial charge on any atom is 0.340 e. The first-order chi connectivity index (χ1) is 12.8. The van der Waals surface area contributed by atoms with Gasteiger partial charge in [-0.2, -0.15) is 0 Å². The summed E-state index contributed by atoms with van der Waals surface area (Å²) < 4.78 is 18.7. The molecular formula is C20H22FN3O2S. The van der Waals surface area contributed by atoms with Crippen LogP contribution < -0.4 is 5.32 Å². The number of aromatic amines is 1. The number of methoxy groups -OCH3 is 1. The van der Waals surface area contributed by atoms with Crippen molar-refractivity contribution in [2.24, 2.45) is 5.41 Å². The number of thiophene rings is 1. The number of carbonyl (C=O) groups is 1. The molecule has 4 rings (SSSR count). The number of hydrogen-bond acceptors (Lipinski definition) is 5. The van der Waals surface area contributed by atoms with Crippen LogP contribution in [0.25, 0.3) is 21.7 Å². The molecule has 1 aromatic carbocycles. The molecule has 27 heavy (non-hydrogen) atoms. The van der Waals surface area contributed by atoms with Crippen molar-refractivity contribution in [2.75, 3.05) is 13.7 Å². The van der Waals surface area contributed by atoms with Crippen molar-refractivity contribution < 1.29 is 13.9 Å². The molecule has 0 aliphatic carbocycles. The van der Waals surface area contributed by atoms with Crippen molar-refractivity contribution >= 4 is 28.3 Å². The van der Waals surface area contributed by atoms with Gasteiger partial charge in [0.25, 0.3) is 0 Å². The number of halogens is 1. The van der Waals surface area contributed by atoms with E-state index in [0.717, 1.165) is 23.9 Å². The maximum absolute atomic E-state index is 13.9. The average molecular weight is 387 g/mol. The molecule has 142 valence electrons. The molecule has 0 unspecified atom stereocenters. The molecule has 0 spiro atoms. The Balaban J connectivity index is 1.82. The van der Waals surface area contributed by atoms with E-state index in [4.69, 9.17) is 4.74 Å². The molecule has 5 nitrogen and oxygen atoms in total. The zero-order valence-electron chi connectivity index (χ0n) is 15.8. The van der Waals surface area contributed by atoms with Gasteiger partial charge in [-0.25, -0.2) is 14.2 Å². The molecule has 0 fully saturated rings. The van der Waals surface area contributed by atoms with E-state index in [1.54, 1.807) is 11.3 Å². The third kappa shape index (κ3) is 3.15. The summed E-state index contributed by atoms with van der Waals surface area (Å²) >= 11 is 1.70. The summed E-state index contributed by atoms with van der Waals surface area (Å²) in [6, 6.07) is 4.96. The molecule has 3 heterocycles. The minimum absolute atomic E-state index is 0.104. The van der Waals surface area contributed by atoms with Crippen molar-refractivity contribution in [1.82, 2.24) is 15.3 Å². The number of hydrogen-bond donors (Lipinski definition) is 2. The van der Waals surface area contributed by atoms with E-state index in [1.807, 2.05) is 0 Å². The Kier molecular flexibility index (Phi) is 4.31. The quantitative estimate of drug-likeness (QED) is 0.638. The lowest BCUT2D eigenvalue weighted by atomic mass is 9.82. The summed E-state index contributed by atoms with van der Waals surface area (Å²) in [6.45, 7) is 7.63. The first kappa shape index (κ1) is 18.1. The Hall–Kier alpha value is -2.25. The molecule has 2 N–H and O–H groups in total. The highest BCUT2D eigenvalue weighted by molar-refractivity contribution is 7.15. The number of imidazole rings is 1. The maximum atomic E-state index is 13.9. The van der Waals surface area contributed by atoms with Crippen LogP contribution in [0.5, 0.6) is 0 Å². The van der Waals surface area contributed by atoms with Gasteiger partial charge in [0.15, 0.2) is 0 Å². The van der Waals surface area contributed by atoms with E-state index < -0.39 is 11.8 Å². The SMILES string of the molecule is COC(=O)c1cc(F)cc2[nH]c(-c3cc4c(s3)[C@@H](C(C)(C)C)NCC4)nc12. The van der Waals surface area contributed by atoms with Crippen LogP contribution in [0, 0.1) is 11.2 Å². The van der Waals surface area contributed by atoms with Gasteiger partial charge < -0.3 is 15.0 Å². The van der Waals surface area contributed by atoms with E-state index in [2.05, 4.69) is 42.1 Å². The summed E-state index contributed by atoms with van der Waals surface area (Å²) in [5, 5.41) is 3.61. The number of benzene rings is 1. The number of H-pyrrole nitrogens is 1. The number of esters is 1. The second kappa shape index (κ2) is 6.42. The lowest BCUT2D eigenvalue weighted by Gasteiger charge is -2.34. The predicted octanol–water partition coefficient (Wildman–Crippen LogP) is 4.45. The van der Waals surface area contributed by atoms with Crippen molar-refractivity contribution in [2.45, 2.75) is 33.2 Å². The normalized spacial score (nSPS) is 17.1. The largest absolute Gasteiger partial charge is 0.465 e. The minimum atomic E-state index is -0.597. The molecule has 3 aromatic rings. The Morgan fingerprint density at radius 3 is 2.81 bits per heavy atom. The van der Waals surface area contributed by atoms with Crippen molar-refractivity contribution in [3.05, 3.63) is 40.0 Å². The molecule has 7 heteroatoms. The smallest absolute Gasteiger partial charge is 0.340 e. The summed E-state index contributed by atoms with van der Waals surface area (Å²) in [4.78, 5) is 22.1. The number of carbonyl (C=O) groups excluding carboxylic acids is 1. The zero-order valence-corrected chi connectivity index (χ0v) is 16.6. The van der Waals surface area contributed by atoms with Gasteiger partial charge in [-0.1, -0.05) is 20.8 Å². The molecule has 0 bridgehead atoms. The first-order valence-electron chi connectivity index (χ1n) is 8.92. The van der Waals surface area contributed by atoms with Crippen LogP contribution in [0.1, 0.15) is 47.6 Å². The molecule has 0 radical (unpaired) electrons. The number of fused-ring (bicyclic) bond motifs is 2. The van der Waals surface area contributed by atoms with Crippen molar-refractivity contribution in [3.8, 4) is 10.7 Å². The lowest BCUT2D eigenvalue weighted by Crippen LogP contribution is -2.36. The van der Waals surface area contributed by atoms with Crippen LogP contribution in [0.3, 0.4) is 0 Å². The van der Waals surface area contributed by atoms with E-state index in [-0.39, 0.29) is 17.0 Å². The number of nitrogens with one attached hydrogen (secondary N) is 2. The lowest BCUT2D eigenvalue weighted by molar-refractivity contribution is 0.0602. The van der Waals surface area contributed by atoms with Crippen molar-refractivity contribution in [3.63, 3.8) is 0 Å².